The Kier molecular flexibility index (Phi) is 3.45. The summed E-state index contributed by atoms with van der Waals surface area (Å²) in [6.07, 6.45) is 0. The zero-order valence-electron chi connectivity index (χ0n) is 10.5. The number of amides is 1. The van der Waals surface area contributed by atoms with E-state index in [1.54, 1.807) is 0 Å². The molecular weight excluding hydrogens is 272 g/mol. The smallest absolute Gasteiger partial charge is 0.433 e. The second kappa shape index (κ2) is 4.93. The Morgan fingerprint density at radius 1 is 1.55 bits per heavy atom. The maximum absolute atomic E-state index is 11.9. The molecule has 1 aliphatic heterocycles. The molecule has 2 N–H and O–H groups in total. The van der Waals surface area contributed by atoms with Crippen LogP contribution >= 0.6 is 0 Å². The van der Waals surface area contributed by atoms with Crippen molar-refractivity contribution in [2.24, 2.45) is 5.41 Å². The van der Waals surface area contributed by atoms with Gasteiger partial charge in [-0.2, -0.15) is 0 Å². The first kappa shape index (κ1) is 14.0. The maximum atomic E-state index is 11.9. The van der Waals surface area contributed by atoms with Crippen LogP contribution in [0.1, 0.15) is 17.5 Å². The molecule has 0 bridgehead atoms. The molecule has 0 aliphatic carbocycles. The van der Waals surface area contributed by atoms with Crippen molar-refractivity contribution in [2.45, 2.75) is 13.0 Å². The number of nitrogens with zero attached hydrogens (tertiary/aromatic N) is 1. The van der Waals surface area contributed by atoms with Crippen LogP contribution in [0, 0.1) is 15.5 Å². The first-order chi connectivity index (χ1) is 9.34. The van der Waals surface area contributed by atoms with Crippen molar-refractivity contribution < 1.29 is 28.8 Å². The van der Waals surface area contributed by atoms with Crippen molar-refractivity contribution >= 4 is 17.8 Å². The number of hydrogen-bond donors (Lipinski definition) is 2. The number of nitrogens with one attached hydrogen (secondary N) is 1. The van der Waals surface area contributed by atoms with Crippen LogP contribution in [-0.4, -0.2) is 41.2 Å². The molecule has 9 heteroatoms. The summed E-state index contributed by atoms with van der Waals surface area (Å²) in [5, 5.41) is 22.1. The number of nitro groups is 1. The normalized spacial score (nSPS) is 25.4. The van der Waals surface area contributed by atoms with Gasteiger partial charge in [-0.1, -0.05) is 0 Å². The quantitative estimate of drug-likeness (QED) is 0.604. The minimum atomic E-state index is -1.24. The number of furan rings is 1. The molecule has 108 valence electrons. The van der Waals surface area contributed by atoms with Crippen molar-refractivity contribution in [1.82, 2.24) is 5.32 Å². The summed E-state index contributed by atoms with van der Waals surface area (Å²) >= 11 is 0. The lowest BCUT2D eigenvalue weighted by molar-refractivity contribution is -0.402. The molecule has 1 fully saturated rings. The molecule has 1 aliphatic rings. The first-order valence-electron chi connectivity index (χ1n) is 5.71. The van der Waals surface area contributed by atoms with Crippen molar-refractivity contribution in [2.75, 3.05) is 13.2 Å². The van der Waals surface area contributed by atoms with Gasteiger partial charge in [-0.15, -0.1) is 0 Å². The predicted octanol–water partition coefficient (Wildman–Crippen LogP) is 0.407. The molecule has 9 nitrogen and oxygen atoms in total. The number of carbonyl (C=O) groups is 2. The molecule has 2 atom stereocenters. The van der Waals surface area contributed by atoms with E-state index in [0.717, 1.165) is 12.1 Å². The third-order valence-corrected chi connectivity index (χ3v) is 3.24. The molecule has 0 radical (unpaired) electrons. The van der Waals surface area contributed by atoms with Gasteiger partial charge in [0.25, 0.3) is 5.91 Å². The Morgan fingerprint density at radius 2 is 2.25 bits per heavy atom. The summed E-state index contributed by atoms with van der Waals surface area (Å²) in [6.45, 7) is 1.49. The fourth-order valence-corrected chi connectivity index (χ4v) is 1.86. The highest BCUT2D eigenvalue weighted by atomic mass is 16.6. The highest BCUT2D eigenvalue weighted by Gasteiger charge is 2.47. The second-order valence-electron chi connectivity index (χ2n) is 4.66. The summed E-state index contributed by atoms with van der Waals surface area (Å²) in [6, 6.07) is 1.47. The van der Waals surface area contributed by atoms with Gasteiger partial charge < -0.3 is 19.6 Å². The molecule has 1 amide bonds. The van der Waals surface area contributed by atoms with Gasteiger partial charge in [-0.05, 0) is 13.0 Å². The lowest BCUT2D eigenvalue weighted by atomic mass is 9.85. The monoisotopic (exact) mass is 284 g/mol. The maximum Gasteiger partial charge on any atom is 0.433 e. The lowest BCUT2D eigenvalue weighted by Crippen LogP contribution is -2.49. The highest BCUT2D eigenvalue weighted by Crippen LogP contribution is 2.29. The Morgan fingerprint density at radius 3 is 2.80 bits per heavy atom. The van der Waals surface area contributed by atoms with Crippen LogP contribution in [0.4, 0.5) is 5.88 Å². The topological polar surface area (TPSA) is 132 Å². The summed E-state index contributed by atoms with van der Waals surface area (Å²) in [5.74, 6) is -2.62. The average molecular weight is 284 g/mol. The molecule has 2 unspecified atom stereocenters. The molecule has 0 aromatic carbocycles. The zero-order chi connectivity index (χ0) is 14.9. The van der Waals surface area contributed by atoms with Crippen LogP contribution in [0.5, 0.6) is 0 Å². The fourth-order valence-electron chi connectivity index (χ4n) is 1.86. The zero-order valence-corrected chi connectivity index (χ0v) is 10.5. The summed E-state index contributed by atoms with van der Waals surface area (Å²) in [7, 11) is 0. The SMILES string of the molecule is CC1(C(=O)O)COCC1NC(=O)c1ccc([N+](=O)[O-])o1. The number of carboxylic acids is 1. The largest absolute Gasteiger partial charge is 0.481 e. The minimum absolute atomic E-state index is 0.0222. The summed E-state index contributed by atoms with van der Waals surface area (Å²) in [4.78, 5) is 32.8. The molecule has 2 rings (SSSR count). The van der Waals surface area contributed by atoms with Gasteiger partial charge >= 0.3 is 11.9 Å². The molecule has 20 heavy (non-hydrogen) atoms. The van der Waals surface area contributed by atoms with Crippen LogP contribution in [0.3, 0.4) is 0 Å². The van der Waals surface area contributed by atoms with Crippen molar-refractivity contribution in [3.63, 3.8) is 0 Å². The first-order valence-corrected chi connectivity index (χ1v) is 5.71. The van der Waals surface area contributed by atoms with Gasteiger partial charge in [0.15, 0.2) is 5.76 Å². The van der Waals surface area contributed by atoms with Crippen LogP contribution < -0.4 is 5.32 Å². The molecule has 0 spiro atoms. The molecule has 2 heterocycles. The van der Waals surface area contributed by atoms with Gasteiger partial charge in [0.2, 0.25) is 0 Å². The van der Waals surface area contributed by atoms with E-state index < -0.39 is 34.1 Å². The number of hydrogen-bond acceptors (Lipinski definition) is 6. The van der Waals surface area contributed by atoms with E-state index in [9.17, 15) is 19.7 Å². The Hall–Kier alpha value is -2.42. The number of ether oxygens (including phenoxy) is 1. The lowest BCUT2D eigenvalue weighted by Gasteiger charge is -2.24. The van der Waals surface area contributed by atoms with E-state index in [2.05, 4.69) is 5.32 Å². The number of aliphatic carboxylic acids is 1. The predicted molar refractivity (Wildman–Crippen MR) is 63.2 cm³/mol. The van der Waals surface area contributed by atoms with E-state index in [0.29, 0.717) is 0 Å². The highest BCUT2D eigenvalue weighted by molar-refractivity contribution is 5.92. The Balaban J connectivity index is 2.11. The van der Waals surface area contributed by atoms with Crippen molar-refractivity contribution in [3.05, 3.63) is 28.0 Å². The van der Waals surface area contributed by atoms with E-state index >= 15 is 0 Å². The van der Waals surface area contributed by atoms with Gasteiger partial charge in [0.05, 0.1) is 25.3 Å². The van der Waals surface area contributed by atoms with Crippen LogP contribution in [0.25, 0.3) is 0 Å². The molecule has 1 saturated heterocycles. The van der Waals surface area contributed by atoms with Crippen molar-refractivity contribution in [3.8, 4) is 0 Å². The van der Waals surface area contributed by atoms with Crippen LogP contribution in [-0.2, 0) is 9.53 Å². The molecule has 1 aromatic heterocycles. The van der Waals surface area contributed by atoms with Crippen LogP contribution in [0.15, 0.2) is 16.5 Å². The second-order valence-corrected chi connectivity index (χ2v) is 4.66. The van der Waals surface area contributed by atoms with Crippen LogP contribution in [0.2, 0.25) is 0 Å². The molecular formula is C11H12N2O7. The van der Waals surface area contributed by atoms with Gasteiger partial charge in [-0.25, -0.2) is 0 Å². The fraction of sp³-hybridized carbons (Fsp3) is 0.455. The van der Waals surface area contributed by atoms with Crippen molar-refractivity contribution in [1.29, 1.82) is 0 Å². The minimum Gasteiger partial charge on any atom is -0.481 e. The third-order valence-electron chi connectivity index (χ3n) is 3.24. The molecule has 0 saturated carbocycles. The van der Waals surface area contributed by atoms with Gasteiger partial charge in [-0.3, -0.25) is 19.7 Å². The van der Waals surface area contributed by atoms with E-state index in [1.165, 1.54) is 6.92 Å². The average Bonchev–Trinajstić information content (AvgIpc) is 2.98. The van der Waals surface area contributed by atoms with E-state index in [1.807, 2.05) is 0 Å². The van der Waals surface area contributed by atoms with E-state index in [4.69, 9.17) is 14.3 Å². The van der Waals surface area contributed by atoms with Gasteiger partial charge in [0, 0.05) is 0 Å². The Labute approximate surface area is 112 Å². The summed E-state index contributed by atoms with van der Waals surface area (Å²) in [5.41, 5.74) is -1.24. The number of carbonyl (C=O) groups excluding carboxylic acids is 1. The third kappa shape index (κ3) is 2.35. The Bertz CT molecular complexity index is 567. The molecule has 1 aromatic rings. The number of rotatable bonds is 4. The van der Waals surface area contributed by atoms with Gasteiger partial charge in [0.1, 0.15) is 10.3 Å². The number of carboxylic acid groups (broad SMARTS) is 1. The van der Waals surface area contributed by atoms with E-state index in [-0.39, 0.29) is 19.0 Å². The standard InChI is InChI=1S/C11H12N2O7/c1-11(10(15)16)5-19-4-7(11)12-9(14)6-2-3-8(20-6)13(17)18/h2-3,7H,4-5H2,1H3,(H,12,14)(H,15,16). The summed E-state index contributed by atoms with van der Waals surface area (Å²) < 4.78 is 9.83.